The average molecular weight is 321 g/mol. The highest BCUT2D eigenvalue weighted by atomic mass is 79.9. The molecule has 1 rings (SSSR count). The van der Waals surface area contributed by atoms with Crippen molar-refractivity contribution in [2.75, 3.05) is 0 Å². The predicted molar refractivity (Wildman–Crippen MR) is 67.7 cm³/mol. The summed E-state index contributed by atoms with van der Waals surface area (Å²) in [5.74, 6) is -0.549. The van der Waals surface area contributed by atoms with Gasteiger partial charge in [0.25, 0.3) is 0 Å². The summed E-state index contributed by atoms with van der Waals surface area (Å²) >= 11 is 3.16. The van der Waals surface area contributed by atoms with Gasteiger partial charge in [-0.05, 0) is 35.0 Å². The Bertz CT molecular complexity index is 516. The second-order valence-corrected chi connectivity index (χ2v) is 6.16. The van der Waals surface area contributed by atoms with E-state index in [4.69, 9.17) is 5.73 Å². The largest absolute Gasteiger partial charge is 0.370 e. The van der Waals surface area contributed by atoms with E-state index in [0.717, 1.165) is 0 Å². The summed E-state index contributed by atoms with van der Waals surface area (Å²) in [5.41, 5.74) is 5.00. The Kier molecular flexibility index (Phi) is 4.67. The van der Waals surface area contributed by atoms with Crippen molar-refractivity contribution in [1.29, 1.82) is 0 Å². The summed E-state index contributed by atoms with van der Waals surface area (Å²) in [6.45, 7) is 1.58. The van der Waals surface area contributed by atoms with E-state index in [1.807, 2.05) is 0 Å². The van der Waals surface area contributed by atoms with Crippen LogP contribution in [0.25, 0.3) is 0 Å². The van der Waals surface area contributed by atoms with E-state index in [-0.39, 0.29) is 11.3 Å². The molecular formula is C10H13BrN2O3S. The third-order valence-electron chi connectivity index (χ3n) is 1.99. The number of carbonyl (C=O) groups is 1. The van der Waals surface area contributed by atoms with Gasteiger partial charge in [-0.2, -0.15) is 0 Å². The van der Waals surface area contributed by atoms with Crippen molar-refractivity contribution in [3.05, 3.63) is 28.7 Å². The maximum absolute atomic E-state index is 12.0. The number of benzene rings is 1. The molecule has 94 valence electrons. The molecule has 0 aliphatic carbocycles. The molecule has 17 heavy (non-hydrogen) atoms. The van der Waals surface area contributed by atoms with Gasteiger partial charge in [-0.15, -0.1) is 0 Å². The SMILES string of the molecule is CC(CC(N)=O)NS(=O)(=O)c1ccccc1Br. The Morgan fingerprint density at radius 3 is 2.59 bits per heavy atom. The number of nitrogens with one attached hydrogen (secondary N) is 1. The monoisotopic (exact) mass is 320 g/mol. The fraction of sp³-hybridized carbons (Fsp3) is 0.300. The van der Waals surface area contributed by atoms with Crippen LogP contribution in [0.15, 0.2) is 33.6 Å². The number of amides is 1. The molecule has 7 heteroatoms. The molecule has 0 saturated heterocycles. The molecule has 5 nitrogen and oxygen atoms in total. The molecular weight excluding hydrogens is 308 g/mol. The van der Waals surface area contributed by atoms with Crippen molar-refractivity contribution >= 4 is 31.9 Å². The lowest BCUT2D eigenvalue weighted by Crippen LogP contribution is -2.35. The first-order chi connectivity index (χ1) is 7.83. The van der Waals surface area contributed by atoms with Gasteiger partial charge in [0.05, 0.1) is 4.90 Å². The standard InChI is InChI=1S/C10H13BrN2O3S/c1-7(6-10(12)14)13-17(15,16)9-5-3-2-4-8(9)11/h2-5,7,13H,6H2,1H3,(H2,12,14). The maximum atomic E-state index is 12.0. The molecule has 0 fully saturated rings. The van der Waals surface area contributed by atoms with E-state index in [2.05, 4.69) is 20.7 Å². The van der Waals surface area contributed by atoms with Crippen molar-refractivity contribution < 1.29 is 13.2 Å². The fourth-order valence-electron chi connectivity index (χ4n) is 1.33. The fourth-order valence-corrected chi connectivity index (χ4v) is 3.58. The Labute approximate surface area is 109 Å². The smallest absolute Gasteiger partial charge is 0.241 e. The van der Waals surface area contributed by atoms with E-state index in [9.17, 15) is 13.2 Å². The summed E-state index contributed by atoms with van der Waals surface area (Å²) in [4.78, 5) is 10.8. The quantitative estimate of drug-likeness (QED) is 0.847. The lowest BCUT2D eigenvalue weighted by atomic mass is 10.2. The zero-order chi connectivity index (χ0) is 13.1. The molecule has 0 radical (unpaired) electrons. The topological polar surface area (TPSA) is 89.3 Å². The van der Waals surface area contributed by atoms with Gasteiger partial charge in [-0.1, -0.05) is 12.1 Å². The molecule has 1 aromatic rings. The molecule has 1 aromatic carbocycles. The van der Waals surface area contributed by atoms with Crippen LogP contribution in [0.3, 0.4) is 0 Å². The highest BCUT2D eigenvalue weighted by Gasteiger charge is 2.20. The van der Waals surface area contributed by atoms with Gasteiger partial charge >= 0.3 is 0 Å². The van der Waals surface area contributed by atoms with Crippen molar-refractivity contribution in [2.45, 2.75) is 24.3 Å². The maximum Gasteiger partial charge on any atom is 0.241 e. The number of carbonyl (C=O) groups excluding carboxylic acids is 1. The average Bonchev–Trinajstić information content (AvgIpc) is 2.15. The minimum atomic E-state index is -3.64. The van der Waals surface area contributed by atoms with Crippen molar-refractivity contribution in [3.8, 4) is 0 Å². The van der Waals surface area contributed by atoms with Crippen LogP contribution < -0.4 is 10.5 Å². The Hall–Kier alpha value is -0.920. The lowest BCUT2D eigenvalue weighted by Gasteiger charge is -2.13. The molecule has 0 saturated carbocycles. The van der Waals surface area contributed by atoms with Crippen molar-refractivity contribution in [3.63, 3.8) is 0 Å². The van der Waals surface area contributed by atoms with Crippen LogP contribution in [0, 0.1) is 0 Å². The number of sulfonamides is 1. The first-order valence-electron chi connectivity index (χ1n) is 4.88. The summed E-state index contributed by atoms with van der Waals surface area (Å²) in [6.07, 6.45) is -0.0380. The van der Waals surface area contributed by atoms with Crippen LogP contribution in [0.5, 0.6) is 0 Å². The van der Waals surface area contributed by atoms with E-state index < -0.39 is 22.0 Å². The van der Waals surface area contributed by atoms with E-state index >= 15 is 0 Å². The number of rotatable bonds is 5. The zero-order valence-electron chi connectivity index (χ0n) is 9.18. The van der Waals surface area contributed by atoms with Gasteiger partial charge in [0.15, 0.2) is 0 Å². The van der Waals surface area contributed by atoms with Crippen LogP contribution in [0.4, 0.5) is 0 Å². The van der Waals surface area contributed by atoms with Crippen LogP contribution in [-0.4, -0.2) is 20.4 Å². The molecule has 1 atom stereocenters. The zero-order valence-corrected chi connectivity index (χ0v) is 11.6. The number of nitrogens with two attached hydrogens (primary N) is 1. The van der Waals surface area contributed by atoms with Gasteiger partial charge in [0.1, 0.15) is 0 Å². The van der Waals surface area contributed by atoms with Gasteiger partial charge in [0, 0.05) is 16.9 Å². The molecule has 0 bridgehead atoms. The highest BCUT2D eigenvalue weighted by Crippen LogP contribution is 2.21. The van der Waals surface area contributed by atoms with Gasteiger partial charge < -0.3 is 5.73 Å². The Morgan fingerprint density at radius 2 is 2.06 bits per heavy atom. The molecule has 3 N–H and O–H groups in total. The third kappa shape index (κ3) is 4.10. The van der Waals surface area contributed by atoms with Crippen LogP contribution in [-0.2, 0) is 14.8 Å². The minimum Gasteiger partial charge on any atom is -0.370 e. The molecule has 0 spiro atoms. The summed E-state index contributed by atoms with van der Waals surface area (Å²) in [5, 5.41) is 0. The van der Waals surface area contributed by atoms with Crippen LogP contribution >= 0.6 is 15.9 Å². The van der Waals surface area contributed by atoms with Crippen molar-refractivity contribution in [1.82, 2.24) is 4.72 Å². The summed E-state index contributed by atoms with van der Waals surface area (Å²) in [7, 11) is -3.64. The Morgan fingerprint density at radius 1 is 1.47 bits per heavy atom. The minimum absolute atomic E-state index is 0.0380. The second kappa shape index (κ2) is 5.61. The summed E-state index contributed by atoms with van der Waals surface area (Å²) in [6, 6.07) is 5.91. The molecule has 0 heterocycles. The van der Waals surface area contributed by atoms with Gasteiger partial charge in [-0.3, -0.25) is 4.79 Å². The first-order valence-corrected chi connectivity index (χ1v) is 7.15. The Balaban J connectivity index is 2.90. The van der Waals surface area contributed by atoms with Crippen LogP contribution in [0.1, 0.15) is 13.3 Å². The molecule has 0 aromatic heterocycles. The molecule has 1 unspecified atom stereocenters. The lowest BCUT2D eigenvalue weighted by molar-refractivity contribution is -0.118. The number of hydrogen-bond acceptors (Lipinski definition) is 3. The van der Waals surface area contributed by atoms with Crippen LogP contribution in [0.2, 0.25) is 0 Å². The first kappa shape index (κ1) is 14.1. The number of primary amides is 1. The molecule has 1 amide bonds. The molecule has 0 aliphatic heterocycles. The summed E-state index contributed by atoms with van der Waals surface area (Å²) < 4.78 is 26.8. The second-order valence-electron chi connectivity index (χ2n) is 3.62. The highest BCUT2D eigenvalue weighted by molar-refractivity contribution is 9.10. The predicted octanol–water partition coefficient (Wildman–Crippen LogP) is 0.991. The van der Waals surface area contributed by atoms with Crippen molar-refractivity contribution in [2.24, 2.45) is 5.73 Å². The van der Waals surface area contributed by atoms with E-state index in [1.54, 1.807) is 25.1 Å². The van der Waals surface area contributed by atoms with Gasteiger partial charge in [0.2, 0.25) is 15.9 Å². The third-order valence-corrected chi connectivity index (χ3v) is 4.59. The normalized spacial score (nSPS) is 13.3. The number of hydrogen-bond donors (Lipinski definition) is 2. The molecule has 0 aliphatic rings. The van der Waals surface area contributed by atoms with E-state index in [0.29, 0.717) is 4.47 Å². The number of halogens is 1. The van der Waals surface area contributed by atoms with E-state index in [1.165, 1.54) is 6.07 Å². The van der Waals surface area contributed by atoms with Gasteiger partial charge in [-0.25, -0.2) is 13.1 Å².